The molecule has 154 valence electrons. The number of rotatable bonds is 5. The Balaban J connectivity index is 1.78. The van der Waals surface area contributed by atoms with Crippen LogP contribution in [-0.2, 0) is 16.0 Å². The number of imide groups is 1. The van der Waals surface area contributed by atoms with Gasteiger partial charge in [-0.25, -0.2) is 4.90 Å². The summed E-state index contributed by atoms with van der Waals surface area (Å²) in [5.74, 6) is -0.724. The van der Waals surface area contributed by atoms with Gasteiger partial charge in [-0.15, -0.1) is 0 Å². The highest BCUT2D eigenvalue weighted by Crippen LogP contribution is 2.36. The van der Waals surface area contributed by atoms with E-state index in [0.29, 0.717) is 35.6 Å². The zero-order valence-electron chi connectivity index (χ0n) is 16.8. The lowest BCUT2D eigenvalue weighted by atomic mass is 10.0. The average Bonchev–Trinajstić information content (AvgIpc) is 3.04. The summed E-state index contributed by atoms with van der Waals surface area (Å²) in [6, 6.07) is 13.3. The molecule has 2 amide bonds. The van der Waals surface area contributed by atoms with E-state index in [1.54, 1.807) is 24.3 Å². The van der Waals surface area contributed by atoms with Gasteiger partial charge in [0.05, 0.1) is 16.2 Å². The monoisotopic (exact) mass is 405 g/mol. The van der Waals surface area contributed by atoms with Crippen LogP contribution >= 0.6 is 0 Å². The van der Waals surface area contributed by atoms with Crippen molar-refractivity contribution in [3.05, 3.63) is 75.5 Å². The predicted molar refractivity (Wildman–Crippen MR) is 114 cm³/mol. The van der Waals surface area contributed by atoms with Crippen LogP contribution in [0.5, 0.6) is 0 Å². The van der Waals surface area contributed by atoms with Crippen LogP contribution in [0.4, 0.5) is 11.4 Å². The van der Waals surface area contributed by atoms with Gasteiger partial charge in [0.15, 0.2) is 0 Å². The summed E-state index contributed by atoms with van der Waals surface area (Å²) in [6.45, 7) is 3.48. The zero-order chi connectivity index (χ0) is 21.3. The van der Waals surface area contributed by atoms with Crippen LogP contribution in [0.3, 0.4) is 0 Å². The number of hydrogen-bond donors (Lipinski definition) is 0. The SMILES string of the molecule is CCc1ccc(N2C(=O)C(c3ccc([N+](=O)[O-])cc3)=C(N3CCCCC3)C2=O)cc1. The molecule has 2 heterocycles. The second-order valence-electron chi connectivity index (χ2n) is 7.54. The lowest BCUT2D eigenvalue weighted by molar-refractivity contribution is -0.384. The average molecular weight is 405 g/mol. The number of hydrogen-bond acceptors (Lipinski definition) is 5. The highest BCUT2D eigenvalue weighted by atomic mass is 16.6. The molecule has 7 heteroatoms. The Kier molecular flexibility index (Phi) is 5.35. The Labute approximate surface area is 174 Å². The number of piperidine rings is 1. The van der Waals surface area contributed by atoms with Gasteiger partial charge in [0, 0.05) is 25.2 Å². The molecule has 0 spiro atoms. The minimum absolute atomic E-state index is 0.0531. The van der Waals surface area contributed by atoms with Gasteiger partial charge in [-0.3, -0.25) is 19.7 Å². The Morgan fingerprint density at radius 3 is 2.10 bits per heavy atom. The van der Waals surface area contributed by atoms with E-state index in [1.807, 2.05) is 24.0 Å². The normalized spacial score (nSPS) is 17.1. The second kappa shape index (κ2) is 8.10. The van der Waals surface area contributed by atoms with Crippen molar-refractivity contribution in [2.24, 2.45) is 0 Å². The number of carbonyl (C=O) groups excluding carboxylic acids is 2. The molecule has 2 aromatic rings. The molecule has 2 aliphatic rings. The lowest BCUT2D eigenvalue weighted by Gasteiger charge is -2.29. The van der Waals surface area contributed by atoms with Gasteiger partial charge in [-0.1, -0.05) is 19.1 Å². The van der Waals surface area contributed by atoms with Crippen molar-refractivity contribution in [1.82, 2.24) is 4.90 Å². The maximum Gasteiger partial charge on any atom is 0.282 e. The van der Waals surface area contributed by atoms with Gasteiger partial charge in [0.2, 0.25) is 0 Å². The number of nitro groups is 1. The molecule has 0 aliphatic carbocycles. The van der Waals surface area contributed by atoms with Crippen LogP contribution in [0.1, 0.15) is 37.3 Å². The van der Waals surface area contributed by atoms with Gasteiger partial charge in [0.1, 0.15) is 5.70 Å². The van der Waals surface area contributed by atoms with E-state index in [9.17, 15) is 19.7 Å². The van der Waals surface area contributed by atoms with Crippen LogP contribution in [0.25, 0.3) is 5.57 Å². The van der Waals surface area contributed by atoms with Gasteiger partial charge < -0.3 is 4.90 Å². The van der Waals surface area contributed by atoms with Crippen molar-refractivity contribution < 1.29 is 14.5 Å². The van der Waals surface area contributed by atoms with E-state index < -0.39 is 10.8 Å². The van der Waals surface area contributed by atoms with E-state index in [-0.39, 0.29) is 11.6 Å². The third-order valence-electron chi connectivity index (χ3n) is 5.70. The van der Waals surface area contributed by atoms with Crippen molar-refractivity contribution in [3.8, 4) is 0 Å². The third kappa shape index (κ3) is 3.47. The fourth-order valence-electron chi connectivity index (χ4n) is 4.05. The van der Waals surface area contributed by atoms with Gasteiger partial charge in [-0.05, 0) is 61.1 Å². The summed E-state index contributed by atoms with van der Waals surface area (Å²) >= 11 is 0. The molecule has 1 fully saturated rings. The Bertz CT molecular complexity index is 1020. The van der Waals surface area contributed by atoms with Crippen LogP contribution in [0, 0.1) is 10.1 Å². The summed E-state index contributed by atoms with van der Waals surface area (Å²) in [6.07, 6.45) is 3.89. The molecule has 0 saturated carbocycles. The first-order valence-corrected chi connectivity index (χ1v) is 10.2. The number of benzene rings is 2. The lowest BCUT2D eigenvalue weighted by Crippen LogP contribution is -2.37. The molecule has 0 aromatic heterocycles. The van der Waals surface area contributed by atoms with Crippen molar-refractivity contribution >= 4 is 28.8 Å². The van der Waals surface area contributed by atoms with Crippen molar-refractivity contribution in [2.45, 2.75) is 32.6 Å². The quantitative estimate of drug-likeness (QED) is 0.428. The summed E-state index contributed by atoms with van der Waals surface area (Å²) in [5, 5.41) is 11.0. The number of amides is 2. The van der Waals surface area contributed by atoms with Gasteiger partial charge in [-0.2, -0.15) is 0 Å². The minimum Gasteiger partial charge on any atom is -0.366 e. The number of carbonyl (C=O) groups is 2. The first kappa shape index (κ1) is 19.8. The number of aryl methyl sites for hydroxylation is 1. The first-order chi connectivity index (χ1) is 14.5. The Hall–Kier alpha value is -3.48. The Morgan fingerprint density at radius 1 is 0.900 bits per heavy atom. The number of likely N-dealkylation sites (tertiary alicyclic amines) is 1. The Morgan fingerprint density at radius 2 is 1.53 bits per heavy atom. The molecule has 1 saturated heterocycles. The maximum absolute atomic E-state index is 13.4. The predicted octanol–water partition coefficient (Wildman–Crippen LogP) is 3.93. The van der Waals surface area contributed by atoms with Crippen molar-refractivity contribution in [1.29, 1.82) is 0 Å². The summed E-state index contributed by atoms with van der Waals surface area (Å²) < 4.78 is 0. The fraction of sp³-hybridized carbons (Fsp3) is 0.304. The number of nitro benzene ring substituents is 1. The zero-order valence-corrected chi connectivity index (χ0v) is 16.8. The molecule has 0 N–H and O–H groups in total. The molecule has 7 nitrogen and oxygen atoms in total. The smallest absolute Gasteiger partial charge is 0.282 e. The molecule has 30 heavy (non-hydrogen) atoms. The molecule has 0 bridgehead atoms. The minimum atomic E-state index is -0.479. The van der Waals surface area contributed by atoms with Crippen LogP contribution in [-0.4, -0.2) is 34.7 Å². The number of non-ortho nitro benzene ring substituents is 1. The number of nitrogens with zero attached hydrogens (tertiary/aromatic N) is 3. The van der Waals surface area contributed by atoms with E-state index in [0.717, 1.165) is 31.2 Å². The van der Waals surface area contributed by atoms with Crippen molar-refractivity contribution in [3.63, 3.8) is 0 Å². The summed E-state index contributed by atoms with van der Waals surface area (Å²) in [7, 11) is 0. The fourth-order valence-corrected chi connectivity index (χ4v) is 4.05. The van der Waals surface area contributed by atoms with Gasteiger partial charge >= 0.3 is 0 Å². The molecule has 0 atom stereocenters. The van der Waals surface area contributed by atoms with Crippen LogP contribution in [0.15, 0.2) is 54.2 Å². The topological polar surface area (TPSA) is 83.8 Å². The van der Waals surface area contributed by atoms with E-state index >= 15 is 0 Å². The molecular weight excluding hydrogens is 382 g/mol. The van der Waals surface area contributed by atoms with E-state index in [1.165, 1.54) is 17.0 Å². The molecule has 2 aromatic carbocycles. The van der Waals surface area contributed by atoms with E-state index in [4.69, 9.17) is 0 Å². The largest absolute Gasteiger partial charge is 0.366 e. The molecule has 4 rings (SSSR count). The highest BCUT2D eigenvalue weighted by molar-refractivity contribution is 6.45. The summed E-state index contributed by atoms with van der Waals surface area (Å²) in [5.41, 5.74) is 2.84. The second-order valence-corrected chi connectivity index (χ2v) is 7.54. The van der Waals surface area contributed by atoms with Crippen molar-refractivity contribution in [2.75, 3.05) is 18.0 Å². The molecule has 0 unspecified atom stereocenters. The molecular formula is C23H23N3O4. The molecule has 0 radical (unpaired) electrons. The van der Waals surface area contributed by atoms with Gasteiger partial charge in [0.25, 0.3) is 17.5 Å². The number of anilines is 1. The van der Waals surface area contributed by atoms with Crippen LogP contribution < -0.4 is 4.90 Å². The van der Waals surface area contributed by atoms with E-state index in [2.05, 4.69) is 0 Å². The first-order valence-electron chi connectivity index (χ1n) is 10.2. The summed E-state index contributed by atoms with van der Waals surface area (Å²) in [4.78, 5) is 40.6. The molecule has 2 aliphatic heterocycles. The highest BCUT2D eigenvalue weighted by Gasteiger charge is 2.42. The maximum atomic E-state index is 13.4. The van der Waals surface area contributed by atoms with Crippen LogP contribution in [0.2, 0.25) is 0 Å². The standard InChI is InChI=1S/C23H23N3O4/c1-2-16-6-10-18(11-7-16)25-22(27)20(17-8-12-19(13-9-17)26(29)30)21(23(25)28)24-14-4-3-5-15-24/h6-13H,2-5,14-15H2,1H3. The third-order valence-corrected chi connectivity index (χ3v) is 5.70.